The van der Waals surface area contributed by atoms with Gasteiger partial charge in [0, 0.05) is 30.3 Å². The Hall–Kier alpha value is -2.44. The van der Waals surface area contributed by atoms with Crippen molar-refractivity contribution >= 4 is 18.0 Å². The summed E-state index contributed by atoms with van der Waals surface area (Å²) in [5.74, 6) is -0.288. The Morgan fingerprint density at radius 1 is 1.42 bits per heavy atom. The van der Waals surface area contributed by atoms with Gasteiger partial charge < -0.3 is 10.6 Å². The zero-order chi connectivity index (χ0) is 14.3. The molecule has 0 atom stereocenters. The Bertz CT molecular complexity index is 488. The number of nitrogens with zero attached hydrogens (tertiary/aromatic N) is 1. The molecule has 0 fully saturated rings. The Morgan fingerprint density at radius 3 is 2.74 bits per heavy atom. The molecule has 0 bridgehead atoms. The van der Waals surface area contributed by atoms with Gasteiger partial charge in [0.1, 0.15) is 0 Å². The normalized spacial score (nSPS) is 9.74. The van der Waals surface area contributed by atoms with Crippen molar-refractivity contribution in [2.24, 2.45) is 0 Å². The fraction of sp³-hybridized carbons (Fsp3) is 0.333. The number of nitro groups is 1. The van der Waals surface area contributed by atoms with Gasteiger partial charge in [-0.15, -0.1) is 0 Å². The lowest BCUT2D eigenvalue weighted by Crippen LogP contribution is -2.27. The van der Waals surface area contributed by atoms with E-state index in [1.165, 1.54) is 18.2 Å². The summed E-state index contributed by atoms with van der Waals surface area (Å²) in [6, 6.07) is 4.22. The van der Waals surface area contributed by atoms with Crippen LogP contribution in [-0.2, 0) is 4.79 Å². The summed E-state index contributed by atoms with van der Waals surface area (Å²) in [6.45, 7) is 2.50. The molecular formula is C12H15N3O4. The average Bonchev–Trinajstić information content (AvgIpc) is 2.37. The minimum Gasteiger partial charge on any atom is -0.359 e. The molecular weight excluding hydrogens is 250 g/mol. The SMILES string of the molecule is Cc1cc(C(=O)NCCCNC=O)ccc1[N+](=O)[O-]. The van der Waals surface area contributed by atoms with E-state index in [-0.39, 0.29) is 11.6 Å². The zero-order valence-electron chi connectivity index (χ0n) is 10.5. The van der Waals surface area contributed by atoms with Crippen molar-refractivity contribution < 1.29 is 14.5 Å². The van der Waals surface area contributed by atoms with Crippen LogP contribution in [0.2, 0.25) is 0 Å². The molecule has 1 aromatic carbocycles. The first-order valence-electron chi connectivity index (χ1n) is 5.76. The van der Waals surface area contributed by atoms with Gasteiger partial charge in [0.25, 0.3) is 11.6 Å². The number of carbonyl (C=O) groups is 2. The van der Waals surface area contributed by atoms with Gasteiger partial charge in [-0.05, 0) is 25.5 Å². The van der Waals surface area contributed by atoms with E-state index in [2.05, 4.69) is 10.6 Å². The van der Waals surface area contributed by atoms with Crippen LogP contribution in [0.25, 0.3) is 0 Å². The van der Waals surface area contributed by atoms with Gasteiger partial charge in [0.05, 0.1) is 4.92 Å². The zero-order valence-corrected chi connectivity index (χ0v) is 10.5. The van der Waals surface area contributed by atoms with Crippen LogP contribution in [0.3, 0.4) is 0 Å². The predicted octanol–water partition coefficient (Wildman–Crippen LogP) is 0.769. The number of amides is 2. The number of carbonyl (C=O) groups excluding carboxylic acids is 2. The smallest absolute Gasteiger partial charge is 0.272 e. The average molecular weight is 265 g/mol. The summed E-state index contributed by atoms with van der Waals surface area (Å²) >= 11 is 0. The summed E-state index contributed by atoms with van der Waals surface area (Å²) in [5.41, 5.74) is 0.818. The summed E-state index contributed by atoms with van der Waals surface area (Å²) in [5, 5.41) is 15.8. The highest BCUT2D eigenvalue weighted by Crippen LogP contribution is 2.18. The Balaban J connectivity index is 2.55. The predicted molar refractivity (Wildman–Crippen MR) is 68.9 cm³/mol. The van der Waals surface area contributed by atoms with Crippen molar-refractivity contribution in [3.63, 3.8) is 0 Å². The van der Waals surface area contributed by atoms with Crippen molar-refractivity contribution in [1.82, 2.24) is 10.6 Å². The van der Waals surface area contributed by atoms with Crippen LogP contribution in [0.15, 0.2) is 18.2 Å². The fourth-order valence-electron chi connectivity index (χ4n) is 1.55. The third-order valence-corrected chi connectivity index (χ3v) is 2.52. The van der Waals surface area contributed by atoms with Gasteiger partial charge in [0.2, 0.25) is 6.41 Å². The van der Waals surface area contributed by atoms with E-state index >= 15 is 0 Å². The van der Waals surface area contributed by atoms with Crippen LogP contribution in [0, 0.1) is 17.0 Å². The van der Waals surface area contributed by atoms with Crippen molar-refractivity contribution in [1.29, 1.82) is 0 Å². The van der Waals surface area contributed by atoms with E-state index < -0.39 is 4.92 Å². The standard InChI is InChI=1S/C12H15N3O4/c1-9-7-10(3-4-11(9)15(18)19)12(17)14-6-2-5-13-8-16/h3-4,7-8H,2,5-6H2,1H3,(H,13,16)(H,14,17). The summed E-state index contributed by atoms with van der Waals surface area (Å²) in [7, 11) is 0. The molecule has 0 saturated heterocycles. The summed E-state index contributed by atoms with van der Waals surface area (Å²) in [4.78, 5) is 31.9. The highest BCUT2D eigenvalue weighted by atomic mass is 16.6. The second kappa shape index (κ2) is 7.10. The molecule has 0 unspecified atom stereocenters. The molecule has 0 saturated carbocycles. The maximum atomic E-state index is 11.7. The number of rotatable bonds is 7. The van der Waals surface area contributed by atoms with E-state index in [1.54, 1.807) is 6.92 Å². The molecule has 0 aliphatic heterocycles. The van der Waals surface area contributed by atoms with Gasteiger partial charge >= 0.3 is 0 Å². The molecule has 19 heavy (non-hydrogen) atoms. The lowest BCUT2D eigenvalue weighted by atomic mass is 10.1. The van der Waals surface area contributed by atoms with Crippen LogP contribution in [0.1, 0.15) is 22.3 Å². The molecule has 0 radical (unpaired) electrons. The van der Waals surface area contributed by atoms with Crippen molar-refractivity contribution in [3.8, 4) is 0 Å². The number of hydrogen-bond donors (Lipinski definition) is 2. The Labute approximate surface area is 110 Å². The Kier molecular flexibility index (Phi) is 5.46. The van der Waals surface area contributed by atoms with Gasteiger partial charge in [-0.25, -0.2) is 0 Å². The molecule has 0 aliphatic carbocycles. The van der Waals surface area contributed by atoms with Gasteiger partial charge in [0.15, 0.2) is 0 Å². The number of benzene rings is 1. The third kappa shape index (κ3) is 4.38. The fourth-order valence-corrected chi connectivity index (χ4v) is 1.55. The first-order chi connectivity index (χ1) is 9.06. The number of nitrogens with one attached hydrogen (secondary N) is 2. The molecule has 2 N–H and O–H groups in total. The third-order valence-electron chi connectivity index (χ3n) is 2.52. The van der Waals surface area contributed by atoms with E-state index in [9.17, 15) is 19.7 Å². The largest absolute Gasteiger partial charge is 0.359 e. The molecule has 1 rings (SSSR count). The Morgan fingerprint density at radius 2 is 2.16 bits per heavy atom. The van der Waals surface area contributed by atoms with Gasteiger partial charge in [-0.3, -0.25) is 19.7 Å². The highest BCUT2D eigenvalue weighted by Gasteiger charge is 2.13. The van der Waals surface area contributed by atoms with Gasteiger partial charge in [-0.2, -0.15) is 0 Å². The molecule has 7 nitrogen and oxygen atoms in total. The van der Waals surface area contributed by atoms with Crippen molar-refractivity contribution in [2.75, 3.05) is 13.1 Å². The van der Waals surface area contributed by atoms with Gasteiger partial charge in [-0.1, -0.05) is 0 Å². The number of hydrogen-bond acceptors (Lipinski definition) is 4. The molecule has 0 spiro atoms. The number of aryl methyl sites for hydroxylation is 1. The van der Waals surface area contributed by atoms with Crippen LogP contribution >= 0.6 is 0 Å². The van der Waals surface area contributed by atoms with Crippen LogP contribution in [-0.4, -0.2) is 30.3 Å². The highest BCUT2D eigenvalue weighted by molar-refractivity contribution is 5.94. The monoisotopic (exact) mass is 265 g/mol. The van der Waals surface area contributed by atoms with Crippen molar-refractivity contribution in [3.05, 3.63) is 39.4 Å². The molecule has 0 aliphatic rings. The summed E-state index contributed by atoms with van der Waals surface area (Å²) < 4.78 is 0. The topological polar surface area (TPSA) is 101 Å². The van der Waals surface area contributed by atoms with Crippen molar-refractivity contribution in [2.45, 2.75) is 13.3 Å². The minimum atomic E-state index is -0.484. The van der Waals surface area contributed by atoms with Crippen LogP contribution < -0.4 is 10.6 Å². The first kappa shape index (κ1) is 14.6. The molecule has 2 amide bonds. The maximum Gasteiger partial charge on any atom is 0.272 e. The molecule has 1 aromatic rings. The second-order valence-corrected chi connectivity index (χ2v) is 3.94. The molecule has 0 aromatic heterocycles. The second-order valence-electron chi connectivity index (χ2n) is 3.94. The summed E-state index contributed by atoms with van der Waals surface area (Å²) in [6.07, 6.45) is 1.22. The van der Waals surface area contributed by atoms with E-state index in [4.69, 9.17) is 0 Å². The molecule has 102 valence electrons. The maximum absolute atomic E-state index is 11.7. The molecule has 0 heterocycles. The van der Waals surface area contributed by atoms with E-state index in [0.29, 0.717) is 37.0 Å². The minimum absolute atomic E-state index is 0.00765. The molecule has 7 heteroatoms. The van der Waals surface area contributed by atoms with E-state index in [0.717, 1.165) is 0 Å². The quantitative estimate of drug-likeness (QED) is 0.329. The lowest BCUT2D eigenvalue weighted by Gasteiger charge is -2.06. The number of nitro benzene ring substituents is 1. The van der Waals surface area contributed by atoms with E-state index in [1.807, 2.05) is 0 Å². The lowest BCUT2D eigenvalue weighted by molar-refractivity contribution is -0.385. The first-order valence-corrected chi connectivity index (χ1v) is 5.76. The van der Waals surface area contributed by atoms with Crippen LogP contribution in [0.4, 0.5) is 5.69 Å². The van der Waals surface area contributed by atoms with Crippen LogP contribution in [0.5, 0.6) is 0 Å².